The fourth-order valence-electron chi connectivity index (χ4n) is 2.90. The molecule has 0 radical (unpaired) electrons. The Balaban J connectivity index is 2.04. The molecule has 1 saturated carbocycles. The molecule has 20 heavy (non-hydrogen) atoms. The molecule has 0 unspecified atom stereocenters. The van der Waals surface area contributed by atoms with Crippen LogP contribution in [0.4, 0.5) is 8.78 Å². The van der Waals surface area contributed by atoms with E-state index in [1.807, 2.05) is 6.92 Å². The Bertz CT molecular complexity index is 460. The number of aryl methyl sites for hydroxylation is 1. The molecule has 1 aromatic heterocycles. The molecule has 0 spiro atoms. The summed E-state index contributed by atoms with van der Waals surface area (Å²) in [4.78, 5) is 7.71. The van der Waals surface area contributed by atoms with Crippen LogP contribution in [0.15, 0.2) is 18.2 Å². The minimum atomic E-state index is -0.885. The second kappa shape index (κ2) is 6.91. The topological polar surface area (TPSA) is 25.8 Å². The van der Waals surface area contributed by atoms with Crippen molar-refractivity contribution in [3.63, 3.8) is 0 Å². The largest absolute Gasteiger partial charge is 0.234 e. The van der Waals surface area contributed by atoms with Gasteiger partial charge >= 0.3 is 0 Å². The van der Waals surface area contributed by atoms with E-state index in [0.29, 0.717) is 5.92 Å². The molecule has 1 aliphatic carbocycles. The summed E-state index contributed by atoms with van der Waals surface area (Å²) < 4.78 is 28.3. The summed E-state index contributed by atoms with van der Waals surface area (Å²) in [6, 6.07) is 0. The van der Waals surface area contributed by atoms with Crippen LogP contribution >= 0.6 is 0 Å². The maximum atomic E-state index is 14.2. The van der Waals surface area contributed by atoms with Crippen LogP contribution in [0.3, 0.4) is 0 Å². The summed E-state index contributed by atoms with van der Waals surface area (Å²) >= 11 is 0. The second-order valence-corrected chi connectivity index (χ2v) is 5.75. The van der Waals surface area contributed by atoms with Crippen LogP contribution < -0.4 is 0 Å². The SMILES string of the molecule is CCCC1CCC(C(F)=C(F)c2ncc(C)cn2)CC1. The molecule has 2 rings (SSSR count). The zero-order valence-electron chi connectivity index (χ0n) is 12.2. The van der Waals surface area contributed by atoms with Crippen molar-refractivity contribution >= 4 is 5.83 Å². The average molecular weight is 280 g/mol. The van der Waals surface area contributed by atoms with E-state index in [1.54, 1.807) is 0 Å². The Labute approximate surface area is 119 Å². The first-order valence-corrected chi connectivity index (χ1v) is 7.46. The van der Waals surface area contributed by atoms with Crippen molar-refractivity contribution in [3.8, 4) is 0 Å². The van der Waals surface area contributed by atoms with Crippen LogP contribution in [0, 0.1) is 18.8 Å². The van der Waals surface area contributed by atoms with Crippen LogP contribution in [-0.4, -0.2) is 9.97 Å². The smallest absolute Gasteiger partial charge is 0.199 e. The lowest BCUT2D eigenvalue weighted by atomic mass is 9.79. The standard InChI is InChI=1S/C16H22F2N2/c1-3-4-12-5-7-13(8-6-12)14(17)15(18)16-19-9-11(2)10-20-16/h9-10,12-13H,3-8H2,1-2H3. The molecule has 0 bridgehead atoms. The Kier molecular flexibility index (Phi) is 5.21. The Hall–Kier alpha value is -1.32. The molecule has 0 aliphatic heterocycles. The van der Waals surface area contributed by atoms with Gasteiger partial charge in [0.2, 0.25) is 0 Å². The van der Waals surface area contributed by atoms with Crippen LogP contribution in [-0.2, 0) is 0 Å². The predicted molar refractivity (Wildman–Crippen MR) is 76.3 cm³/mol. The first kappa shape index (κ1) is 15.1. The molecule has 1 aromatic rings. The van der Waals surface area contributed by atoms with Gasteiger partial charge in [0, 0.05) is 18.3 Å². The first-order chi connectivity index (χ1) is 9.61. The van der Waals surface area contributed by atoms with E-state index in [9.17, 15) is 8.78 Å². The van der Waals surface area contributed by atoms with Gasteiger partial charge in [0.05, 0.1) is 0 Å². The lowest BCUT2D eigenvalue weighted by Crippen LogP contribution is -2.15. The Morgan fingerprint density at radius 3 is 2.30 bits per heavy atom. The van der Waals surface area contributed by atoms with Gasteiger partial charge in [-0.15, -0.1) is 0 Å². The Morgan fingerprint density at radius 2 is 1.75 bits per heavy atom. The molecule has 0 atom stereocenters. The van der Waals surface area contributed by atoms with E-state index in [0.717, 1.165) is 31.2 Å². The van der Waals surface area contributed by atoms with E-state index < -0.39 is 11.7 Å². The van der Waals surface area contributed by atoms with Crippen molar-refractivity contribution in [2.24, 2.45) is 11.8 Å². The van der Waals surface area contributed by atoms with Crippen LogP contribution in [0.2, 0.25) is 0 Å². The third-order valence-corrected chi connectivity index (χ3v) is 4.09. The highest BCUT2D eigenvalue weighted by atomic mass is 19.2. The van der Waals surface area contributed by atoms with Crippen molar-refractivity contribution < 1.29 is 8.78 Å². The highest BCUT2D eigenvalue weighted by Gasteiger charge is 2.27. The molecular weight excluding hydrogens is 258 g/mol. The lowest BCUT2D eigenvalue weighted by Gasteiger charge is -2.27. The van der Waals surface area contributed by atoms with Gasteiger partial charge in [-0.3, -0.25) is 0 Å². The van der Waals surface area contributed by atoms with Crippen molar-refractivity contribution in [2.75, 3.05) is 0 Å². The quantitative estimate of drug-likeness (QED) is 0.775. The van der Waals surface area contributed by atoms with E-state index in [2.05, 4.69) is 16.9 Å². The van der Waals surface area contributed by atoms with E-state index in [1.165, 1.54) is 25.2 Å². The molecule has 2 nitrogen and oxygen atoms in total. The number of allylic oxidation sites excluding steroid dienone is 1. The van der Waals surface area contributed by atoms with Crippen molar-refractivity contribution in [1.82, 2.24) is 9.97 Å². The summed E-state index contributed by atoms with van der Waals surface area (Å²) in [6.07, 6.45) is 8.83. The van der Waals surface area contributed by atoms with E-state index in [-0.39, 0.29) is 11.7 Å². The predicted octanol–water partition coefficient (Wildman–Crippen LogP) is 5.00. The molecule has 0 aromatic carbocycles. The monoisotopic (exact) mass is 280 g/mol. The van der Waals surface area contributed by atoms with Gasteiger partial charge in [0.1, 0.15) is 5.83 Å². The van der Waals surface area contributed by atoms with Gasteiger partial charge in [0.15, 0.2) is 11.7 Å². The summed E-state index contributed by atoms with van der Waals surface area (Å²) in [7, 11) is 0. The number of halogens is 2. The average Bonchev–Trinajstić information content (AvgIpc) is 2.48. The summed E-state index contributed by atoms with van der Waals surface area (Å²) in [5, 5.41) is 0. The summed E-state index contributed by atoms with van der Waals surface area (Å²) in [5.41, 5.74) is 0.835. The third-order valence-electron chi connectivity index (χ3n) is 4.09. The van der Waals surface area contributed by atoms with Crippen LogP contribution in [0.1, 0.15) is 56.8 Å². The highest BCUT2D eigenvalue weighted by molar-refractivity contribution is 5.54. The summed E-state index contributed by atoms with van der Waals surface area (Å²) in [5.74, 6) is -1.30. The molecule has 1 aliphatic rings. The number of rotatable bonds is 4. The molecule has 110 valence electrons. The normalized spacial score (nSPS) is 24.4. The third kappa shape index (κ3) is 3.62. The van der Waals surface area contributed by atoms with Gasteiger partial charge < -0.3 is 0 Å². The maximum Gasteiger partial charge on any atom is 0.199 e. The van der Waals surface area contributed by atoms with Crippen molar-refractivity contribution in [3.05, 3.63) is 29.6 Å². The van der Waals surface area contributed by atoms with Crippen molar-refractivity contribution in [1.29, 1.82) is 0 Å². The summed E-state index contributed by atoms with van der Waals surface area (Å²) in [6.45, 7) is 3.98. The van der Waals surface area contributed by atoms with Gasteiger partial charge in [-0.25, -0.2) is 14.4 Å². The van der Waals surface area contributed by atoms with Crippen LogP contribution in [0.25, 0.3) is 5.83 Å². The molecular formula is C16H22F2N2. The number of hydrogen-bond donors (Lipinski definition) is 0. The first-order valence-electron chi connectivity index (χ1n) is 7.46. The maximum absolute atomic E-state index is 14.2. The zero-order chi connectivity index (χ0) is 14.5. The fraction of sp³-hybridized carbons (Fsp3) is 0.625. The van der Waals surface area contributed by atoms with E-state index in [4.69, 9.17) is 0 Å². The number of hydrogen-bond acceptors (Lipinski definition) is 2. The molecule has 1 fully saturated rings. The number of nitrogens with zero attached hydrogens (tertiary/aromatic N) is 2. The molecule has 1 heterocycles. The van der Waals surface area contributed by atoms with Gasteiger partial charge in [-0.1, -0.05) is 19.8 Å². The minimum absolute atomic E-state index is 0.135. The Morgan fingerprint density at radius 1 is 1.15 bits per heavy atom. The van der Waals surface area contributed by atoms with E-state index >= 15 is 0 Å². The zero-order valence-corrected chi connectivity index (χ0v) is 12.2. The molecule has 0 amide bonds. The van der Waals surface area contributed by atoms with Gasteiger partial charge in [-0.05, 0) is 44.1 Å². The molecule has 0 N–H and O–H groups in total. The second-order valence-electron chi connectivity index (χ2n) is 5.75. The van der Waals surface area contributed by atoms with Gasteiger partial charge in [-0.2, -0.15) is 4.39 Å². The minimum Gasteiger partial charge on any atom is -0.234 e. The lowest BCUT2D eigenvalue weighted by molar-refractivity contribution is 0.261. The number of aromatic nitrogens is 2. The van der Waals surface area contributed by atoms with Crippen molar-refractivity contribution in [2.45, 2.75) is 52.4 Å². The molecule has 0 saturated heterocycles. The highest BCUT2D eigenvalue weighted by Crippen LogP contribution is 2.38. The van der Waals surface area contributed by atoms with Gasteiger partial charge in [0.25, 0.3) is 0 Å². The molecule has 4 heteroatoms. The fourth-order valence-corrected chi connectivity index (χ4v) is 2.90. The van der Waals surface area contributed by atoms with Crippen LogP contribution in [0.5, 0.6) is 0 Å².